The maximum Gasteiger partial charge on any atom is 0.116 e. The third-order valence-corrected chi connectivity index (χ3v) is 4.53. The van der Waals surface area contributed by atoms with Gasteiger partial charge >= 0.3 is 0 Å². The summed E-state index contributed by atoms with van der Waals surface area (Å²) in [6.45, 7) is 0. The summed E-state index contributed by atoms with van der Waals surface area (Å²) in [6, 6.07) is 10.0. The monoisotopic (exact) mass is 243 g/mol. The standard InChI is InChI=1S/C15H21N3/c16-18-15(17-14-4-2-1-3-5-14)10-13-9-11-6-7-12(13)8-11/h1-5,11-13H,6-10,16H2,(H,17,18). The van der Waals surface area contributed by atoms with Crippen LogP contribution < -0.4 is 11.3 Å². The Morgan fingerprint density at radius 1 is 1.22 bits per heavy atom. The zero-order valence-electron chi connectivity index (χ0n) is 10.7. The molecule has 3 N–H and O–H groups in total. The maximum absolute atomic E-state index is 5.62. The molecule has 0 saturated heterocycles. The first-order chi connectivity index (χ1) is 8.85. The molecule has 3 atom stereocenters. The minimum atomic E-state index is 0.794. The first kappa shape index (κ1) is 11.7. The van der Waals surface area contributed by atoms with Crippen LogP contribution in [-0.4, -0.2) is 5.84 Å². The van der Waals surface area contributed by atoms with Crippen LogP contribution in [-0.2, 0) is 0 Å². The lowest BCUT2D eigenvalue weighted by Crippen LogP contribution is -2.32. The Hall–Kier alpha value is -1.35. The summed E-state index contributed by atoms with van der Waals surface area (Å²) in [7, 11) is 0. The number of hydrogen-bond acceptors (Lipinski definition) is 2. The highest BCUT2D eigenvalue weighted by molar-refractivity contribution is 5.84. The summed E-state index contributed by atoms with van der Waals surface area (Å²) in [6.07, 6.45) is 6.68. The molecule has 0 aromatic heterocycles. The van der Waals surface area contributed by atoms with E-state index in [-0.39, 0.29) is 0 Å². The average molecular weight is 243 g/mol. The van der Waals surface area contributed by atoms with Crippen LogP contribution in [0.25, 0.3) is 0 Å². The molecule has 1 aromatic carbocycles. The lowest BCUT2D eigenvalue weighted by Gasteiger charge is -2.22. The topological polar surface area (TPSA) is 50.4 Å². The van der Waals surface area contributed by atoms with Crippen LogP contribution in [0.1, 0.15) is 32.1 Å². The number of nitrogens with one attached hydrogen (secondary N) is 1. The van der Waals surface area contributed by atoms with E-state index in [1.165, 1.54) is 25.7 Å². The van der Waals surface area contributed by atoms with Crippen molar-refractivity contribution in [1.82, 2.24) is 5.43 Å². The summed E-state index contributed by atoms with van der Waals surface area (Å²) in [5, 5.41) is 0. The lowest BCUT2D eigenvalue weighted by molar-refractivity contribution is 0.341. The normalized spacial score (nSPS) is 30.7. The van der Waals surface area contributed by atoms with Crippen LogP contribution in [0.15, 0.2) is 35.3 Å². The summed E-state index contributed by atoms with van der Waals surface area (Å²) < 4.78 is 0. The van der Waals surface area contributed by atoms with Gasteiger partial charge in [0.15, 0.2) is 0 Å². The largest absolute Gasteiger partial charge is 0.312 e. The Bertz CT molecular complexity index is 427. The second-order valence-electron chi connectivity index (χ2n) is 5.68. The van der Waals surface area contributed by atoms with E-state index in [9.17, 15) is 0 Å². The molecule has 2 aliphatic carbocycles. The first-order valence-electron chi connectivity index (χ1n) is 6.94. The number of rotatable bonds is 3. The highest BCUT2D eigenvalue weighted by Crippen LogP contribution is 2.49. The lowest BCUT2D eigenvalue weighted by atomic mass is 9.86. The molecule has 0 radical (unpaired) electrons. The fourth-order valence-corrected chi connectivity index (χ4v) is 3.67. The van der Waals surface area contributed by atoms with Crippen molar-refractivity contribution in [1.29, 1.82) is 0 Å². The highest BCUT2D eigenvalue weighted by Gasteiger charge is 2.39. The van der Waals surface area contributed by atoms with Crippen molar-refractivity contribution in [3.63, 3.8) is 0 Å². The second-order valence-corrected chi connectivity index (χ2v) is 5.68. The Balaban J connectivity index is 1.68. The molecule has 2 saturated carbocycles. The molecule has 2 bridgehead atoms. The molecule has 2 aliphatic rings. The van der Waals surface area contributed by atoms with Gasteiger partial charge in [0.05, 0.1) is 5.69 Å². The molecule has 3 rings (SSSR count). The Morgan fingerprint density at radius 3 is 2.67 bits per heavy atom. The molecular weight excluding hydrogens is 222 g/mol. The fraction of sp³-hybridized carbons (Fsp3) is 0.533. The molecule has 0 heterocycles. The van der Waals surface area contributed by atoms with Crippen molar-refractivity contribution in [3.05, 3.63) is 30.3 Å². The SMILES string of the molecule is NNC(CC1CC2CCC1C2)=Nc1ccccc1. The van der Waals surface area contributed by atoms with Crippen LogP contribution in [0.2, 0.25) is 0 Å². The predicted molar refractivity (Wildman–Crippen MR) is 74.4 cm³/mol. The second kappa shape index (κ2) is 5.11. The smallest absolute Gasteiger partial charge is 0.116 e. The number of amidine groups is 1. The van der Waals surface area contributed by atoms with Gasteiger partial charge in [0.25, 0.3) is 0 Å². The van der Waals surface area contributed by atoms with E-state index < -0.39 is 0 Å². The van der Waals surface area contributed by atoms with Gasteiger partial charge in [-0.3, -0.25) is 0 Å². The minimum Gasteiger partial charge on any atom is -0.312 e. The zero-order valence-corrected chi connectivity index (χ0v) is 10.7. The molecule has 2 fully saturated rings. The molecule has 0 amide bonds. The number of para-hydroxylation sites is 1. The summed E-state index contributed by atoms with van der Waals surface area (Å²) >= 11 is 0. The quantitative estimate of drug-likeness (QED) is 0.371. The number of aliphatic imine (C=N–C) groups is 1. The minimum absolute atomic E-state index is 0.794. The molecule has 0 aliphatic heterocycles. The van der Waals surface area contributed by atoms with Crippen molar-refractivity contribution in [2.24, 2.45) is 28.6 Å². The fourth-order valence-electron chi connectivity index (χ4n) is 3.67. The van der Waals surface area contributed by atoms with E-state index in [0.717, 1.165) is 35.7 Å². The molecule has 3 nitrogen and oxygen atoms in total. The zero-order chi connectivity index (χ0) is 12.4. The van der Waals surface area contributed by atoms with Crippen molar-refractivity contribution in [3.8, 4) is 0 Å². The Morgan fingerprint density at radius 2 is 2.06 bits per heavy atom. The number of hydrogen-bond donors (Lipinski definition) is 2. The van der Waals surface area contributed by atoms with Crippen LogP contribution in [0.5, 0.6) is 0 Å². The molecular formula is C15H21N3. The number of nitrogens with zero attached hydrogens (tertiary/aromatic N) is 1. The molecule has 3 unspecified atom stereocenters. The van der Waals surface area contributed by atoms with Crippen molar-refractivity contribution < 1.29 is 0 Å². The van der Waals surface area contributed by atoms with Crippen molar-refractivity contribution >= 4 is 11.5 Å². The van der Waals surface area contributed by atoms with Gasteiger partial charge in [-0.25, -0.2) is 10.8 Å². The highest BCUT2D eigenvalue weighted by atomic mass is 15.2. The number of hydrazine groups is 1. The van der Waals surface area contributed by atoms with E-state index in [4.69, 9.17) is 5.84 Å². The third kappa shape index (κ3) is 2.41. The van der Waals surface area contributed by atoms with Crippen LogP contribution in [0.4, 0.5) is 5.69 Å². The van der Waals surface area contributed by atoms with Gasteiger partial charge < -0.3 is 5.43 Å². The number of nitrogens with two attached hydrogens (primary N) is 1. The summed E-state index contributed by atoms with van der Waals surface area (Å²) in [5.41, 5.74) is 3.77. The molecule has 0 spiro atoms. The van der Waals surface area contributed by atoms with Crippen LogP contribution >= 0.6 is 0 Å². The number of fused-ring (bicyclic) bond motifs is 2. The third-order valence-electron chi connectivity index (χ3n) is 4.53. The molecule has 1 aromatic rings. The van der Waals surface area contributed by atoms with Gasteiger partial charge in [-0.2, -0.15) is 0 Å². The van der Waals surface area contributed by atoms with Gasteiger partial charge in [0.2, 0.25) is 0 Å². The van der Waals surface area contributed by atoms with Crippen molar-refractivity contribution in [2.45, 2.75) is 32.1 Å². The summed E-state index contributed by atoms with van der Waals surface area (Å²) in [5.74, 6) is 9.24. The van der Waals surface area contributed by atoms with E-state index in [1.54, 1.807) is 0 Å². The number of benzene rings is 1. The Kier molecular flexibility index (Phi) is 3.33. The van der Waals surface area contributed by atoms with Crippen LogP contribution in [0.3, 0.4) is 0 Å². The first-order valence-corrected chi connectivity index (χ1v) is 6.94. The van der Waals surface area contributed by atoms with Crippen LogP contribution in [0, 0.1) is 17.8 Å². The van der Waals surface area contributed by atoms with Crippen molar-refractivity contribution in [2.75, 3.05) is 0 Å². The van der Waals surface area contributed by atoms with Gasteiger partial charge in [-0.15, -0.1) is 0 Å². The average Bonchev–Trinajstić information content (AvgIpc) is 3.01. The molecule has 18 heavy (non-hydrogen) atoms. The molecule has 3 heteroatoms. The van der Waals surface area contributed by atoms with E-state index in [0.29, 0.717) is 0 Å². The molecule has 96 valence electrons. The van der Waals surface area contributed by atoms with E-state index >= 15 is 0 Å². The Labute approximate surface area is 108 Å². The van der Waals surface area contributed by atoms with Gasteiger partial charge in [0, 0.05) is 6.42 Å². The van der Waals surface area contributed by atoms with E-state index in [2.05, 4.69) is 10.4 Å². The van der Waals surface area contributed by atoms with Gasteiger partial charge in [0.1, 0.15) is 5.84 Å². The maximum atomic E-state index is 5.62. The predicted octanol–water partition coefficient (Wildman–Crippen LogP) is 3.01. The van der Waals surface area contributed by atoms with Gasteiger partial charge in [-0.1, -0.05) is 24.6 Å². The van der Waals surface area contributed by atoms with E-state index in [1.807, 2.05) is 30.3 Å². The summed E-state index contributed by atoms with van der Waals surface area (Å²) in [4.78, 5) is 4.60. The van der Waals surface area contributed by atoms with Gasteiger partial charge in [-0.05, 0) is 49.1 Å².